The highest BCUT2D eigenvalue weighted by Gasteiger charge is 2.31. The van der Waals surface area contributed by atoms with Crippen molar-refractivity contribution in [2.24, 2.45) is 0 Å². The molecule has 2 aromatic heterocycles. The first kappa shape index (κ1) is 15.3. The van der Waals surface area contributed by atoms with Crippen LogP contribution >= 0.6 is 0 Å². The van der Waals surface area contributed by atoms with E-state index in [1.54, 1.807) is 0 Å². The lowest BCUT2D eigenvalue weighted by Gasteiger charge is -2.07. The predicted octanol–water partition coefficient (Wildman–Crippen LogP) is 4.06. The van der Waals surface area contributed by atoms with E-state index >= 15 is 0 Å². The topological polar surface area (TPSA) is 34.4 Å². The van der Waals surface area contributed by atoms with Crippen molar-refractivity contribution < 1.29 is 18.0 Å². The number of carbonyl (C=O) groups excluding carboxylic acids is 1. The average molecular weight is 318 g/mol. The first-order chi connectivity index (χ1) is 10.9. The lowest BCUT2D eigenvalue weighted by molar-refractivity contribution is -0.137. The van der Waals surface area contributed by atoms with Crippen molar-refractivity contribution in [1.29, 1.82) is 0 Å². The standard InChI is InChI=1S/C17H13F3N2O/c1-11-2-4-12(5-3-11)8-14-15(10-23)22-9-13(17(18,19)20)6-7-16(22)21-14/h2-7,9-10H,8H2,1H3. The molecule has 0 N–H and O–H groups in total. The second kappa shape index (κ2) is 5.53. The molecule has 0 amide bonds. The molecule has 0 atom stereocenters. The predicted molar refractivity (Wildman–Crippen MR) is 79.6 cm³/mol. The van der Waals surface area contributed by atoms with E-state index in [2.05, 4.69) is 4.98 Å². The van der Waals surface area contributed by atoms with E-state index in [1.807, 2.05) is 31.2 Å². The van der Waals surface area contributed by atoms with Crippen LogP contribution in [0.3, 0.4) is 0 Å². The van der Waals surface area contributed by atoms with Crippen LogP contribution in [0.2, 0.25) is 0 Å². The molecular formula is C17H13F3N2O. The Morgan fingerprint density at radius 2 is 1.83 bits per heavy atom. The van der Waals surface area contributed by atoms with Crippen LogP contribution in [0.1, 0.15) is 32.9 Å². The number of carbonyl (C=O) groups is 1. The van der Waals surface area contributed by atoms with E-state index < -0.39 is 11.7 Å². The van der Waals surface area contributed by atoms with E-state index in [-0.39, 0.29) is 5.69 Å². The molecule has 0 bridgehead atoms. The summed E-state index contributed by atoms with van der Waals surface area (Å²) in [6.07, 6.45) is -2.62. The minimum atomic E-state index is -4.46. The Bertz CT molecular complexity index is 864. The molecule has 118 valence electrons. The minimum Gasteiger partial charge on any atom is -0.296 e. The van der Waals surface area contributed by atoms with Gasteiger partial charge >= 0.3 is 6.18 Å². The van der Waals surface area contributed by atoms with Gasteiger partial charge in [0.05, 0.1) is 11.3 Å². The second-order valence-electron chi connectivity index (χ2n) is 5.37. The number of fused-ring (bicyclic) bond motifs is 1. The van der Waals surface area contributed by atoms with E-state index in [9.17, 15) is 18.0 Å². The Labute approximate surface area is 130 Å². The van der Waals surface area contributed by atoms with Crippen molar-refractivity contribution in [3.05, 3.63) is 70.7 Å². The molecule has 0 saturated heterocycles. The van der Waals surface area contributed by atoms with E-state index in [0.29, 0.717) is 24.0 Å². The summed E-state index contributed by atoms with van der Waals surface area (Å²) >= 11 is 0. The number of aryl methyl sites for hydroxylation is 1. The molecule has 2 heterocycles. The summed E-state index contributed by atoms with van der Waals surface area (Å²) in [6.45, 7) is 1.96. The van der Waals surface area contributed by atoms with Crippen LogP contribution in [0.25, 0.3) is 5.65 Å². The van der Waals surface area contributed by atoms with Gasteiger partial charge < -0.3 is 0 Å². The van der Waals surface area contributed by atoms with Gasteiger partial charge in [-0.3, -0.25) is 9.20 Å². The van der Waals surface area contributed by atoms with Gasteiger partial charge in [0.2, 0.25) is 0 Å². The van der Waals surface area contributed by atoms with Gasteiger partial charge in [-0.25, -0.2) is 4.98 Å². The summed E-state index contributed by atoms with van der Waals surface area (Å²) in [6, 6.07) is 9.94. The number of nitrogens with zero attached hydrogens (tertiary/aromatic N) is 2. The maximum atomic E-state index is 12.8. The second-order valence-corrected chi connectivity index (χ2v) is 5.37. The van der Waals surface area contributed by atoms with Crippen LogP contribution in [0.4, 0.5) is 13.2 Å². The number of rotatable bonds is 3. The molecule has 3 rings (SSSR count). The molecule has 0 aliphatic carbocycles. The lowest BCUT2D eigenvalue weighted by Crippen LogP contribution is -2.07. The summed E-state index contributed by atoms with van der Waals surface area (Å²) < 4.78 is 39.7. The van der Waals surface area contributed by atoms with Crippen molar-refractivity contribution in [2.45, 2.75) is 19.5 Å². The van der Waals surface area contributed by atoms with E-state index in [4.69, 9.17) is 0 Å². The molecule has 1 aromatic carbocycles. The maximum absolute atomic E-state index is 12.8. The van der Waals surface area contributed by atoms with E-state index in [1.165, 1.54) is 10.5 Å². The number of hydrogen-bond acceptors (Lipinski definition) is 2. The number of hydrogen-bond donors (Lipinski definition) is 0. The monoisotopic (exact) mass is 318 g/mol. The first-order valence-corrected chi connectivity index (χ1v) is 6.97. The van der Waals surface area contributed by atoms with Crippen LogP contribution < -0.4 is 0 Å². The smallest absolute Gasteiger partial charge is 0.296 e. The number of aldehydes is 1. The third-order valence-electron chi connectivity index (χ3n) is 3.66. The number of pyridine rings is 1. The summed E-state index contributed by atoms with van der Waals surface area (Å²) in [4.78, 5) is 15.7. The largest absolute Gasteiger partial charge is 0.417 e. The number of halogens is 3. The number of aromatic nitrogens is 2. The Balaban J connectivity index is 2.07. The van der Waals surface area contributed by atoms with Crippen molar-refractivity contribution in [1.82, 2.24) is 9.38 Å². The third kappa shape index (κ3) is 2.97. The van der Waals surface area contributed by atoms with Crippen LogP contribution in [-0.4, -0.2) is 15.7 Å². The number of imidazole rings is 1. The van der Waals surface area contributed by atoms with Gasteiger partial charge in [-0.2, -0.15) is 13.2 Å². The molecular weight excluding hydrogens is 305 g/mol. The molecule has 6 heteroatoms. The van der Waals surface area contributed by atoms with Gasteiger partial charge in [0.25, 0.3) is 0 Å². The Morgan fingerprint density at radius 3 is 2.43 bits per heavy atom. The van der Waals surface area contributed by atoms with Crippen molar-refractivity contribution in [3.63, 3.8) is 0 Å². The highest BCUT2D eigenvalue weighted by Crippen LogP contribution is 2.29. The normalized spacial score (nSPS) is 11.8. The van der Waals surface area contributed by atoms with Gasteiger partial charge in [0.15, 0.2) is 6.29 Å². The molecule has 23 heavy (non-hydrogen) atoms. The summed E-state index contributed by atoms with van der Waals surface area (Å²) in [5, 5.41) is 0. The number of alkyl halides is 3. The molecule has 0 spiro atoms. The highest BCUT2D eigenvalue weighted by atomic mass is 19.4. The molecule has 0 aliphatic heterocycles. The van der Waals surface area contributed by atoms with Crippen LogP contribution in [0.15, 0.2) is 42.6 Å². The Kier molecular flexibility index (Phi) is 3.67. The SMILES string of the molecule is Cc1ccc(Cc2nc3ccc(C(F)(F)F)cn3c2C=O)cc1. The summed E-state index contributed by atoms with van der Waals surface area (Å²) in [5.41, 5.74) is 2.16. The third-order valence-corrected chi connectivity index (χ3v) is 3.66. The summed E-state index contributed by atoms with van der Waals surface area (Å²) in [7, 11) is 0. The molecule has 0 aliphatic rings. The minimum absolute atomic E-state index is 0.145. The lowest BCUT2D eigenvalue weighted by atomic mass is 10.1. The van der Waals surface area contributed by atoms with Crippen molar-refractivity contribution in [2.75, 3.05) is 0 Å². The Hall–Kier alpha value is -2.63. The van der Waals surface area contributed by atoms with Gasteiger partial charge in [0.1, 0.15) is 11.3 Å². The van der Waals surface area contributed by atoms with Gasteiger partial charge in [0, 0.05) is 12.6 Å². The molecule has 3 nitrogen and oxygen atoms in total. The molecule has 0 radical (unpaired) electrons. The van der Waals surface area contributed by atoms with E-state index in [0.717, 1.165) is 23.4 Å². The van der Waals surface area contributed by atoms with Crippen LogP contribution in [-0.2, 0) is 12.6 Å². The zero-order valence-corrected chi connectivity index (χ0v) is 12.3. The fourth-order valence-electron chi connectivity index (χ4n) is 2.43. The molecule has 3 aromatic rings. The average Bonchev–Trinajstić information content (AvgIpc) is 2.84. The van der Waals surface area contributed by atoms with Gasteiger partial charge in [-0.15, -0.1) is 0 Å². The quantitative estimate of drug-likeness (QED) is 0.682. The number of benzene rings is 1. The fourth-order valence-corrected chi connectivity index (χ4v) is 2.43. The Morgan fingerprint density at radius 1 is 1.13 bits per heavy atom. The van der Waals surface area contributed by atoms with Crippen molar-refractivity contribution in [3.8, 4) is 0 Å². The molecule has 0 unspecified atom stereocenters. The summed E-state index contributed by atoms with van der Waals surface area (Å²) in [5.74, 6) is 0. The van der Waals surface area contributed by atoms with Crippen LogP contribution in [0, 0.1) is 6.92 Å². The van der Waals surface area contributed by atoms with Gasteiger partial charge in [-0.1, -0.05) is 29.8 Å². The molecule has 0 saturated carbocycles. The highest BCUT2D eigenvalue weighted by molar-refractivity contribution is 5.76. The van der Waals surface area contributed by atoms with Crippen molar-refractivity contribution >= 4 is 11.9 Å². The van der Waals surface area contributed by atoms with Gasteiger partial charge in [-0.05, 0) is 24.6 Å². The zero-order valence-electron chi connectivity index (χ0n) is 12.3. The first-order valence-electron chi connectivity index (χ1n) is 6.97. The maximum Gasteiger partial charge on any atom is 0.417 e. The zero-order chi connectivity index (χ0) is 16.6. The van der Waals surface area contributed by atoms with Crippen LogP contribution in [0.5, 0.6) is 0 Å². The fraction of sp³-hybridized carbons (Fsp3) is 0.176. The molecule has 0 fully saturated rings.